The molecule has 0 saturated carbocycles. The van der Waals surface area contributed by atoms with E-state index in [1.165, 1.54) is 7.11 Å². The molecule has 0 radical (unpaired) electrons. The van der Waals surface area contributed by atoms with Crippen molar-refractivity contribution in [2.75, 3.05) is 7.11 Å². The fourth-order valence-corrected chi connectivity index (χ4v) is 2.22. The van der Waals surface area contributed by atoms with Crippen molar-refractivity contribution in [3.63, 3.8) is 0 Å². The molecule has 0 aliphatic heterocycles. The highest BCUT2D eigenvalue weighted by Crippen LogP contribution is 2.08. The molecule has 1 aromatic carbocycles. The summed E-state index contributed by atoms with van der Waals surface area (Å²) in [5.41, 5.74) is 2.02. The zero-order valence-electron chi connectivity index (χ0n) is 10.4. The molecule has 2 rings (SSSR count). The highest BCUT2D eigenvalue weighted by molar-refractivity contribution is 7.07. The van der Waals surface area contributed by atoms with Gasteiger partial charge in [0.2, 0.25) is 0 Å². The van der Waals surface area contributed by atoms with Crippen molar-refractivity contribution < 1.29 is 14.3 Å². The molecular weight excluding hydrogens is 262 g/mol. The molecule has 0 atom stereocenters. The van der Waals surface area contributed by atoms with Gasteiger partial charge in [-0.3, -0.25) is 4.79 Å². The number of rotatable bonds is 4. The predicted octanol–water partition coefficient (Wildman–Crippen LogP) is 2.46. The number of carbonyl (C=O) groups is 2. The Kier molecular flexibility index (Phi) is 4.30. The van der Waals surface area contributed by atoms with Crippen LogP contribution in [0.15, 0.2) is 41.1 Å². The van der Waals surface area contributed by atoms with Gasteiger partial charge in [-0.15, -0.1) is 0 Å². The quantitative estimate of drug-likeness (QED) is 0.872. The van der Waals surface area contributed by atoms with E-state index in [4.69, 9.17) is 0 Å². The number of carbonyl (C=O) groups excluding carboxylic acids is 2. The molecule has 4 nitrogen and oxygen atoms in total. The average Bonchev–Trinajstić information content (AvgIpc) is 2.97. The van der Waals surface area contributed by atoms with E-state index in [2.05, 4.69) is 10.1 Å². The molecule has 0 bridgehead atoms. The summed E-state index contributed by atoms with van der Waals surface area (Å²) in [6.07, 6.45) is 0. The lowest BCUT2D eigenvalue weighted by Crippen LogP contribution is -2.22. The SMILES string of the molecule is COC(=O)c1ccc(C(=O)NCc2ccsc2)cc1. The molecule has 1 amide bonds. The summed E-state index contributed by atoms with van der Waals surface area (Å²) in [5, 5.41) is 6.77. The lowest BCUT2D eigenvalue weighted by atomic mass is 10.1. The van der Waals surface area contributed by atoms with Gasteiger partial charge in [0, 0.05) is 12.1 Å². The summed E-state index contributed by atoms with van der Waals surface area (Å²) >= 11 is 1.59. The van der Waals surface area contributed by atoms with Crippen molar-refractivity contribution >= 4 is 23.2 Å². The number of esters is 1. The maximum absolute atomic E-state index is 11.9. The molecule has 1 heterocycles. The van der Waals surface area contributed by atoms with Crippen LogP contribution in [0.25, 0.3) is 0 Å². The Bertz CT molecular complexity index is 561. The van der Waals surface area contributed by atoms with Gasteiger partial charge in [0.25, 0.3) is 5.91 Å². The lowest BCUT2D eigenvalue weighted by molar-refractivity contribution is 0.0600. The fourth-order valence-electron chi connectivity index (χ4n) is 1.55. The van der Waals surface area contributed by atoms with Crippen LogP contribution in [0.4, 0.5) is 0 Å². The van der Waals surface area contributed by atoms with E-state index >= 15 is 0 Å². The molecule has 98 valence electrons. The van der Waals surface area contributed by atoms with Crippen LogP contribution in [0.1, 0.15) is 26.3 Å². The monoisotopic (exact) mass is 275 g/mol. The van der Waals surface area contributed by atoms with Crippen LogP contribution in [0.2, 0.25) is 0 Å². The van der Waals surface area contributed by atoms with Gasteiger partial charge in [0.1, 0.15) is 0 Å². The summed E-state index contributed by atoms with van der Waals surface area (Å²) in [4.78, 5) is 23.1. The van der Waals surface area contributed by atoms with Gasteiger partial charge in [-0.2, -0.15) is 11.3 Å². The Labute approximate surface area is 115 Å². The van der Waals surface area contributed by atoms with Gasteiger partial charge < -0.3 is 10.1 Å². The van der Waals surface area contributed by atoms with Crippen molar-refractivity contribution in [1.82, 2.24) is 5.32 Å². The van der Waals surface area contributed by atoms with Crippen LogP contribution in [0.3, 0.4) is 0 Å². The van der Waals surface area contributed by atoms with Crippen molar-refractivity contribution in [1.29, 1.82) is 0 Å². The van der Waals surface area contributed by atoms with Crippen LogP contribution in [0.5, 0.6) is 0 Å². The van der Waals surface area contributed by atoms with Crippen LogP contribution in [-0.4, -0.2) is 19.0 Å². The first-order chi connectivity index (χ1) is 9.20. The van der Waals surface area contributed by atoms with E-state index in [-0.39, 0.29) is 5.91 Å². The minimum Gasteiger partial charge on any atom is -0.465 e. The number of ether oxygens (including phenoxy) is 1. The van der Waals surface area contributed by atoms with Crippen molar-refractivity contribution in [2.45, 2.75) is 6.54 Å². The number of hydrogen-bond acceptors (Lipinski definition) is 4. The topological polar surface area (TPSA) is 55.4 Å². The first-order valence-corrected chi connectivity index (χ1v) is 6.62. The first kappa shape index (κ1) is 13.3. The minimum atomic E-state index is -0.412. The van der Waals surface area contributed by atoms with Gasteiger partial charge in [-0.05, 0) is 46.7 Å². The first-order valence-electron chi connectivity index (χ1n) is 5.68. The van der Waals surface area contributed by atoms with Crippen LogP contribution < -0.4 is 5.32 Å². The highest BCUT2D eigenvalue weighted by Gasteiger charge is 2.08. The summed E-state index contributed by atoms with van der Waals surface area (Å²) in [6, 6.07) is 8.33. The Morgan fingerprint density at radius 2 is 1.84 bits per heavy atom. The third kappa shape index (κ3) is 3.42. The molecule has 5 heteroatoms. The average molecular weight is 275 g/mol. The maximum Gasteiger partial charge on any atom is 0.337 e. The van der Waals surface area contributed by atoms with E-state index in [1.807, 2.05) is 16.8 Å². The molecule has 0 saturated heterocycles. The molecule has 0 unspecified atom stereocenters. The van der Waals surface area contributed by atoms with Crippen LogP contribution in [-0.2, 0) is 11.3 Å². The molecule has 0 aliphatic rings. The van der Waals surface area contributed by atoms with E-state index in [1.54, 1.807) is 35.6 Å². The third-order valence-corrected chi connectivity index (χ3v) is 3.33. The summed E-state index contributed by atoms with van der Waals surface area (Å²) in [7, 11) is 1.32. The predicted molar refractivity (Wildman–Crippen MR) is 73.3 cm³/mol. The Balaban J connectivity index is 1.97. The molecule has 19 heavy (non-hydrogen) atoms. The van der Waals surface area contributed by atoms with Crippen LogP contribution in [0, 0.1) is 0 Å². The smallest absolute Gasteiger partial charge is 0.337 e. The minimum absolute atomic E-state index is 0.164. The zero-order valence-corrected chi connectivity index (χ0v) is 11.2. The highest BCUT2D eigenvalue weighted by atomic mass is 32.1. The zero-order chi connectivity index (χ0) is 13.7. The van der Waals surface area contributed by atoms with E-state index in [0.29, 0.717) is 17.7 Å². The lowest BCUT2D eigenvalue weighted by Gasteiger charge is -2.04. The number of methoxy groups -OCH3 is 1. The standard InChI is InChI=1S/C14H13NO3S/c1-18-14(17)12-4-2-11(3-5-12)13(16)15-8-10-6-7-19-9-10/h2-7,9H,8H2,1H3,(H,15,16). The van der Waals surface area contributed by atoms with Gasteiger partial charge in [-0.25, -0.2) is 4.79 Å². The van der Waals surface area contributed by atoms with Crippen molar-refractivity contribution in [3.8, 4) is 0 Å². The summed E-state index contributed by atoms with van der Waals surface area (Å²) < 4.78 is 4.59. The molecule has 0 spiro atoms. The van der Waals surface area contributed by atoms with Gasteiger partial charge in [0.15, 0.2) is 0 Å². The Morgan fingerprint density at radius 1 is 1.16 bits per heavy atom. The molecule has 0 fully saturated rings. The largest absolute Gasteiger partial charge is 0.465 e. The van der Waals surface area contributed by atoms with Gasteiger partial charge in [0.05, 0.1) is 12.7 Å². The number of thiophene rings is 1. The maximum atomic E-state index is 11.9. The van der Waals surface area contributed by atoms with E-state index in [9.17, 15) is 9.59 Å². The number of nitrogens with one attached hydrogen (secondary N) is 1. The third-order valence-electron chi connectivity index (χ3n) is 2.60. The number of benzene rings is 1. The van der Waals surface area contributed by atoms with E-state index in [0.717, 1.165) is 5.56 Å². The Hall–Kier alpha value is -2.14. The second-order valence-corrected chi connectivity index (χ2v) is 4.66. The number of amides is 1. The van der Waals surface area contributed by atoms with Crippen molar-refractivity contribution in [3.05, 3.63) is 57.8 Å². The van der Waals surface area contributed by atoms with Gasteiger partial charge >= 0.3 is 5.97 Å². The molecule has 0 aliphatic carbocycles. The number of hydrogen-bond donors (Lipinski definition) is 1. The summed E-state index contributed by atoms with van der Waals surface area (Å²) in [6.45, 7) is 0.501. The second kappa shape index (κ2) is 6.15. The van der Waals surface area contributed by atoms with E-state index < -0.39 is 5.97 Å². The second-order valence-electron chi connectivity index (χ2n) is 3.88. The summed E-state index contributed by atoms with van der Waals surface area (Å²) in [5.74, 6) is -0.576. The van der Waals surface area contributed by atoms with Gasteiger partial charge in [-0.1, -0.05) is 0 Å². The molecule has 2 aromatic rings. The normalized spacial score (nSPS) is 9.95. The fraction of sp³-hybridized carbons (Fsp3) is 0.143. The molecule has 1 N–H and O–H groups in total. The molecule has 1 aromatic heterocycles. The Morgan fingerprint density at radius 3 is 2.42 bits per heavy atom. The van der Waals surface area contributed by atoms with Crippen molar-refractivity contribution in [2.24, 2.45) is 0 Å². The van der Waals surface area contributed by atoms with Crippen LogP contribution >= 0.6 is 11.3 Å². The molecular formula is C14H13NO3S.